The van der Waals surface area contributed by atoms with Gasteiger partial charge in [0.15, 0.2) is 0 Å². The van der Waals surface area contributed by atoms with Gasteiger partial charge in [-0.2, -0.15) is 5.26 Å². The van der Waals surface area contributed by atoms with Crippen LogP contribution in [0.15, 0.2) is 32.7 Å². The fraction of sp³-hybridized carbons (Fsp3) is 0.273. The van der Waals surface area contributed by atoms with Crippen molar-refractivity contribution in [1.29, 1.82) is 5.26 Å². The van der Waals surface area contributed by atoms with Crippen molar-refractivity contribution in [1.82, 2.24) is 20.2 Å². The summed E-state index contributed by atoms with van der Waals surface area (Å²) in [5.41, 5.74) is 0.633. The fourth-order valence-corrected chi connectivity index (χ4v) is 3.05. The highest BCUT2D eigenvalue weighted by atomic mass is 79.9. The number of hydrogen-bond donors (Lipinski definition) is 0. The smallest absolute Gasteiger partial charge is 0.214 e. The topological polar surface area (TPSA) is 67.4 Å². The maximum absolute atomic E-state index is 9.09. The summed E-state index contributed by atoms with van der Waals surface area (Å²) in [5.74, 6) is 0. The number of tetrazole rings is 1. The second-order valence-corrected chi connectivity index (χ2v) is 5.92. The van der Waals surface area contributed by atoms with Crippen LogP contribution < -0.4 is 0 Å². The fourth-order valence-electron chi connectivity index (χ4n) is 1.57. The Bertz CT molecular complexity index is 629. The molecule has 0 atom stereocenters. The highest BCUT2D eigenvalue weighted by Crippen LogP contribution is 2.38. The third-order valence-electron chi connectivity index (χ3n) is 2.62. The first-order valence-corrected chi connectivity index (χ1v) is 7.04. The van der Waals surface area contributed by atoms with Crippen molar-refractivity contribution in [2.45, 2.75) is 28.9 Å². The molecule has 0 unspecified atom stereocenters. The molecule has 1 aromatic carbocycles. The molecule has 18 heavy (non-hydrogen) atoms. The van der Waals surface area contributed by atoms with E-state index in [1.54, 1.807) is 6.07 Å². The molecule has 0 radical (unpaired) electrons. The maximum Gasteiger partial charge on any atom is 0.214 e. The predicted octanol–water partition coefficient (Wildman–Crippen LogP) is 2.79. The van der Waals surface area contributed by atoms with Gasteiger partial charge in [-0.05, 0) is 53.2 Å². The van der Waals surface area contributed by atoms with Crippen LogP contribution in [0.4, 0.5) is 0 Å². The molecule has 1 aliphatic carbocycles. The number of nitriles is 1. The molecule has 0 aliphatic heterocycles. The minimum absolute atomic E-state index is 0.431. The lowest BCUT2D eigenvalue weighted by molar-refractivity contribution is 0.565. The van der Waals surface area contributed by atoms with Crippen molar-refractivity contribution in [3.05, 3.63) is 28.2 Å². The summed E-state index contributed by atoms with van der Waals surface area (Å²) in [5, 5.41) is 21.5. The molecule has 2 aromatic rings. The largest absolute Gasteiger partial charge is 0.217 e. The molecule has 1 saturated carbocycles. The zero-order valence-corrected chi connectivity index (χ0v) is 11.6. The Hall–Kier alpha value is -1.39. The van der Waals surface area contributed by atoms with Crippen LogP contribution in [-0.4, -0.2) is 20.2 Å². The summed E-state index contributed by atoms with van der Waals surface area (Å²) < 4.78 is 2.78. The Kier molecular flexibility index (Phi) is 3.06. The molecule has 1 aromatic heterocycles. The summed E-state index contributed by atoms with van der Waals surface area (Å²) in [4.78, 5) is 0.864. The molecule has 7 heteroatoms. The zero-order valence-electron chi connectivity index (χ0n) is 9.25. The standard InChI is InChI=1S/C11H8BrN5S/c12-8-2-1-7(6-13)10(5-8)18-11-14-15-16-17(11)9-3-4-9/h1-2,5,9H,3-4H2. The number of nitrogens with zero attached hydrogens (tertiary/aromatic N) is 5. The molecule has 0 saturated heterocycles. The van der Waals surface area contributed by atoms with Crippen LogP contribution in [0, 0.1) is 11.3 Å². The van der Waals surface area contributed by atoms with Gasteiger partial charge in [-0.25, -0.2) is 4.68 Å². The minimum atomic E-state index is 0.431. The normalized spacial score (nSPS) is 14.4. The molecule has 1 aliphatic rings. The zero-order chi connectivity index (χ0) is 12.5. The van der Waals surface area contributed by atoms with Gasteiger partial charge in [0.2, 0.25) is 5.16 Å². The van der Waals surface area contributed by atoms with Crippen molar-refractivity contribution < 1.29 is 0 Å². The van der Waals surface area contributed by atoms with Gasteiger partial charge in [-0.1, -0.05) is 15.9 Å². The van der Waals surface area contributed by atoms with Crippen molar-refractivity contribution in [3.63, 3.8) is 0 Å². The lowest BCUT2D eigenvalue weighted by Crippen LogP contribution is -1.98. The molecule has 0 spiro atoms. The summed E-state index contributed by atoms with van der Waals surface area (Å²) in [6, 6.07) is 8.17. The number of rotatable bonds is 3. The average Bonchev–Trinajstić information content (AvgIpc) is 3.11. The van der Waals surface area contributed by atoms with Gasteiger partial charge < -0.3 is 0 Å². The Morgan fingerprint density at radius 2 is 2.28 bits per heavy atom. The quantitative estimate of drug-likeness (QED) is 0.869. The van der Waals surface area contributed by atoms with E-state index in [9.17, 15) is 0 Å². The molecule has 1 heterocycles. The second kappa shape index (κ2) is 4.71. The second-order valence-electron chi connectivity index (χ2n) is 3.99. The summed E-state index contributed by atoms with van der Waals surface area (Å²) in [6.07, 6.45) is 2.25. The van der Waals surface area contributed by atoms with E-state index >= 15 is 0 Å². The predicted molar refractivity (Wildman–Crippen MR) is 69.1 cm³/mol. The van der Waals surface area contributed by atoms with Crippen LogP contribution in [0.5, 0.6) is 0 Å². The van der Waals surface area contributed by atoms with Crippen molar-refractivity contribution in [3.8, 4) is 6.07 Å². The van der Waals surface area contributed by atoms with Gasteiger partial charge >= 0.3 is 0 Å². The average molecular weight is 322 g/mol. The molecule has 1 fully saturated rings. The van der Waals surface area contributed by atoms with E-state index in [0.717, 1.165) is 27.4 Å². The van der Waals surface area contributed by atoms with E-state index in [2.05, 4.69) is 37.5 Å². The van der Waals surface area contributed by atoms with Crippen molar-refractivity contribution in [2.75, 3.05) is 0 Å². The Morgan fingerprint density at radius 3 is 3.00 bits per heavy atom. The van der Waals surface area contributed by atoms with Gasteiger partial charge in [0.1, 0.15) is 6.07 Å². The van der Waals surface area contributed by atoms with E-state index < -0.39 is 0 Å². The Labute approximate surface area is 116 Å². The molecule has 3 rings (SSSR count). The van der Waals surface area contributed by atoms with E-state index in [1.807, 2.05) is 16.8 Å². The lowest BCUT2D eigenvalue weighted by atomic mass is 10.2. The van der Waals surface area contributed by atoms with Crippen LogP contribution in [0.2, 0.25) is 0 Å². The van der Waals surface area contributed by atoms with E-state index in [1.165, 1.54) is 11.8 Å². The molecule has 90 valence electrons. The molecule has 0 bridgehead atoms. The van der Waals surface area contributed by atoms with E-state index in [4.69, 9.17) is 5.26 Å². The summed E-state index contributed by atoms with van der Waals surface area (Å²) in [7, 11) is 0. The maximum atomic E-state index is 9.09. The molecule has 0 N–H and O–H groups in total. The summed E-state index contributed by atoms with van der Waals surface area (Å²) in [6.45, 7) is 0. The number of hydrogen-bond acceptors (Lipinski definition) is 5. The van der Waals surface area contributed by atoms with Gasteiger partial charge in [0.05, 0.1) is 11.6 Å². The number of aromatic nitrogens is 4. The van der Waals surface area contributed by atoms with E-state index in [0.29, 0.717) is 11.6 Å². The first-order valence-electron chi connectivity index (χ1n) is 5.43. The molecule has 5 nitrogen and oxygen atoms in total. The van der Waals surface area contributed by atoms with Crippen LogP contribution in [-0.2, 0) is 0 Å². The van der Waals surface area contributed by atoms with Gasteiger partial charge in [-0.15, -0.1) is 5.10 Å². The third kappa shape index (κ3) is 2.26. The van der Waals surface area contributed by atoms with Crippen LogP contribution >= 0.6 is 27.7 Å². The Morgan fingerprint density at radius 1 is 1.44 bits per heavy atom. The number of benzene rings is 1. The monoisotopic (exact) mass is 321 g/mol. The minimum Gasteiger partial charge on any atom is -0.217 e. The van der Waals surface area contributed by atoms with Gasteiger partial charge in [0.25, 0.3) is 0 Å². The third-order valence-corrected chi connectivity index (χ3v) is 4.12. The van der Waals surface area contributed by atoms with Crippen LogP contribution in [0.3, 0.4) is 0 Å². The SMILES string of the molecule is N#Cc1ccc(Br)cc1Sc1nnnn1C1CC1. The molecule has 0 amide bonds. The first kappa shape index (κ1) is 11.7. The lowest BCUT2D eigenvalue weighted by Gasteiger charge is -2.04. The summed E-state index contributed by atoms with van der Waals surface area (Å²) >= 11 is 4.84. The van der Waals surface area contributed by atoms with Crippen molar-refractivity contribution in [2.24, 2.45) is 0 Å². The van der Waals surface area contributed by atoms with Crippen LogP contribution in [0.25, 0.3) is 0 Å². The van der Waals surface area contributed by atoms with Crippen LogP contribution in [0.1, 0.15) is 24.4 Å². The van der Waals surface area contributed by atoms with Crippen molar-refractivity contribution >= 4 is 27.7 Å². The van der Waals surface area contributed by atoms with Gasteiger partial charge in [-0.3, -0.25) is 0 Å². The highest BCUT2D eigenvalue weighted by molar-refractivity contribution is 9.10. The van der Waals surface area contributed by atoms with Gasteiger partial charge in [0, 0.05) is 9.37 Å². The first-order chi connectivity index (χ1) is 8.78. The molecular formula is C11H8BrN5S. The molecular weight excluding hydrogens is 314 g/mol. The van der Waals surface area contributed by atoms with E-state index in [-0.39, 0.29) is 0 Å². The Balaban J connectivity index is 1.94. The number of halogens is 1. The highest BCUT2D eigenvalue weighted by Gasteiger charge is 2.28.